The van der Waals surface area contributed by atoms with Gasteiger partial charge in [-0.15, -0.1) is 0 Å². The minimum absolute atomic E-state index is 0.0783. The molecule has 3 aromatic rings. The average molecular weight is 1150 g/mol. The number of alkyl halides is 3. The Bertz CT molecular complexity index is 3020. The molecule has 7 aliphatic heterocycles. The van der Waals surface area contributed by atoms with E-state index in [1.807, 2.05) is 63.9 Å². The number of aromatic nitrogens is 2. The van der Waals surface area contributed by atoms with Crippen LogP contribution in [0.25, 0.3) is 22.2 Å². The first-order chi connectivity index (χ1) is 40.4. The van der Waals surface area contributed by atoms with E-state index in [-0.39, 0.29) is 67.7 Å². The van der Waals surface area contributed by atoms with Gasteiger partial charge in [0.1, 0.15) is 24.7 Å². The molecule has 1 aromatic carbocycles. The molecule has 9 heterocycles. The van der Waals surface area contributed by atoms with Gasteiger partial charge in [0.25, 0.3) is 5.91 Å². The molecule has 448 valence electrons. The van der Waals surface area contributed by atoms with Crippen molar-refractivity contribution in [3.05, 3.63) is 41.7 Å². The van der Waals surface area contributed by atoms with E-state index in [0.29, 0.717) is 91.6 Å². The van der Waals surface area contributed by atoms with Gasteiger partial charge < -0.3 is 38.8 Å². The Balaban J connectivity index is 0.849. The van der Waals surface area contributed by atoms with E-state index in [4.69, 9.17) is 23.3 Å². The van der Waals surface area contributed by atoms with Crippen molar-refractivity contribution in [3.8, 4) is 11.3 Å². The normalized spacial score (nSPS) is 31.0. The maximum absolute atomic E-state index is 15.2. The molecule has 2 aromatic heterocycles. The lowest BCUT2D eigenvalue weighted by Gasteiger charge is -2.39. The zero-order valence-corrected chi connectivity index (χ0v) is 48.6. The number of likely N-dealkylation sites (N-methyl/N-ethyl adjacent to an activating group) is 1. The second-order valence-electron chi connectivity index (χ2n) is 26.6. The molecule has 2 N–H and O–H groups in total. The Morgan fingerprint density at radius 2 is 1.73 bits per heavy atom. The van der Waals surface area contributed by atoms with Crippen molar-refractivity contribution in [2.75, 3.05) is 109 Å². The Morgan fingerprint density at radius 1 is 0.951 bits per heavy atom. The standard InChI is InChI=1S/C61H86F3N11O7/c1-37(2)51(72-19-16-60(33-72)17-20-73(34-60)57(78)54-52(68(54)6)39-10-11-39)55(76)66-48-29-43-32-71(25-26-81-43)41-14-15-49-44(27-41)46(30-59(4,5)36-82-58(79)47-9-8-18-75(67-47)56(48)77)53(74(49)35-61(62,63)64)45-28-42(31-65-50(45)38(3)80-7)70-23-21-69(22-24-70)40-12-13-40/h14-15,27-28,31,37-40,43,47-48,51-52,54,67H,8-13,16-26,29-30,32-36H2,1-7H3,(H,66,76)/t38-,43-,47-,48-,51-,52+,54+,60-,68?/m0/s1/i6D3. The van der Waals surface area contributed by atoms with Crippen LogP contribution in [0, 0.1) is 22.7 Å². The molecule has 2 saturated carbocycles. The van der Waals surface area contributed by atoms with Crippen molar-refractivity contribution in [2.24, 2.45) is 22.7 Å². The first-order valence-corrected chi connectivity index (χ1v) is 30.3. The van der Waals surface area contributed by atoms with E-state index in [0.717, 1.165) is 63.2 Å². The van der Waals surface area contributed by atoms with Gasteiger partial charge in [-0.3, -0.25) is 43.9 Å². The minimum Gasteiger partial charge on any atom is -0.464 e. The zero-order valence-electron chi connectivity index (χ0n) is 51.6. The van der Waals surface area contributed by atoms with Gasteiger partial charge in [-0.2, -0.15) is 13.2 Å². The number of morpholine rings is 1. The summed E-state index contributed by atoms with van der Waals surface area (Å²) >= 11 is 0. The molecule has 21 heteroatoms. The number of likely N-dealkylation sites (tertiary alicyclic amines) is 2. The van der Waals surface area contributed by atoms with Gasteiger partial charge in [0.05, 0.1) is 54.7 Å². The van der Waals surface area contributed by atoms with Crippen molar-refractivity contribution in [1.82, 2.24) is 44.9 Å². The number of halogens is 3. The summed E-state index contributed by atoms with van der Waals surface area (Å²) in [4.78, 5) is 75.7. The van der Waals surface area contributed by atoms with E-state index < -0.39 is 73.4 Å². The Kier molecular flexibility index (Phi) is 14.7. The molecule has 12 rings (SSSR count). The molecule has 18 nitrogen and oxygen atoms in total. The van der Waals surface area contributed by atoms with Crippen LogP contribution < -0.4 is 20.5 Å². The molecule has 2 aliphatic carbocycles. The summed E-state index contributed by atoms with van der Waals surface area (Å²) in [5.41, 5.74) is 6.14. The maximum Gasteiger partial charge on any atom is 0.406 e. The quantitative estimate of drug-likeness (QED) is 0.161. The smallest absolute Gasteiger partial charge is 0.406 e. The number of amides is 3. The highest BCUT2D eigenvalue weighted by Gasteiger charge is 2.59. The van der Waals surface area contributed by atoms with Crippen LogP contribution in [0.4, 0.5) is 24.5 Å². The number of benzene rings is 1. The number of anilines is 2. The summed E-state index contributed by atoms with van der Waals surface area (Å²) < 4.78 is 90.0. The van der Waals surface area contributed by atoms with Crippen LogP contribution in [0.3, 0.4) is 0 Å². The highest BCUT2D eigenvalue weighted by molar-refractivity contribution is 5.95. The molecule has 6 saturated heterocycles. The first kappa shape index (κ1) is 53.7. The number of pyridine rings is 1. The summed E-state index contributed by atoms with van der Waals surface area (Å²) in [6, 6.07) is 4.72. The third-order valence-corrected chi connectivity index (χ3v) is 19.5. The van der Waals surface area contributed by atoms with Gasteiger partial charge in [-0.05, 0) is 120 Å². The van der Waals surface area contributed by atoms with Gasteiger partial charge in [0.15, 0.2) is 0 Å². The lowest BCUT2D eigenvalue weighted by Crippen LogP contribution is -2.62. The number of cyclic esters (lactones) is 1. The maximum atomic E-state index is 15.2. The summed E-state index contributed by atoms with van der Waals surface area (Å²) in [7, 11) is 1.57. The number of rotatable bonds is 12. The molecular formula is C61H86F3N11O7. The highest BCUT2D eigenvalue weighted by atomic mass is 19.4. The third-order valence-electron chi connectivity index (χ3n) is 19.5. The molecule has 82 heavy (non-hydrogen) atoms. The van der Waals surface area contributed by atoms with Gasteiger partial charge in [-0.1, -0.05) is 27.7 Å². The van der Waals surface area contributed by atoms with Crippen LogP contribution >= 0.6 is 0 Å². The highest BCUT2D eigenvalue weighted by Crippen LogP contribution is 2.49. The Morgan fingerprint density at radius 3 is 2.45 bits per heavy atom. The molecule has 9 aliphatic rings. The number of hydrazine groups is 1. The number of fused-ring (bicyclic) bond motifs is 6. The molecule has 9 atom stereocenters. The largest absolute Gasteiger partial charge is 0.464 e. The predicted octanol–water partition coefficient (Wildman–Crippen LogP) is 6.00. The van der Waals surface area contributed by atoms with Crippen LogP contribution in [-0.2, 0) is 46.4 Å². The van der Waals surface area contributed by atoms with E-state index in [2.05, 4.69) is 30.3 Å². The topological polar surface area (TPSA) is 160 Å². The van der Waals surface area contributed by atoms with Gasteiger partial charge in [0.2, 0.25) is 11.8 Å². The van der Waals surface area contributed by atoms with Crippen molar-refractivity contribution in [3.63, 3.8) is 0 Å². The fourth-order valence-corrected chi connectivity index (χ4v) is 14.7. The monoisotopic (exact) mass is 1140 g/mol. The van der Waals surface area contributed by atoms with Crippen molar-refractivity contribution in [2.45, 2.75) is 160 Å². The lowest BCUT2D eigenvalue weighted by atomic mass is 9.84. The molecule has 3 amide bonds. The Hall–Kier alpha value is -5.06. The summed E-state index contributed by atoms with van der Waals surface area (Å²) in [5.74, 6) is -1.35. The third kappa shape index (κ3) is 11.7. The number of carbonyl (C=O) groups is 4. The van der Waals surface area contributed by atoms with Gasteiger partial charge in [0, 0.05) is 128 Å². The molecule has 6 bridgehead atoms. The van der Waals surface area contributed by atoms with Crippen LogP contribution in [0.1, 0.15) is 114 Å². The predicted molar refractivity (Wildman–Crippen MR) is 305 cm³/mol. The SMILES string of the molecule is [2H]C([2H])([2H])N1[C@H](C2CC2)[C@@H]1C(=O)N1CC[C@]2(CCN([C@H](C(=O)N[C@H]3C[C@H]4CN(CCO4)c4ccc5c(c4)c(c(-c4cc(N6CCN(C7CC7)CC6)cnc4[C@H](C)OC)n5CC(F)(F)F)CC(C)(C)COC(=O)[C@@H]4CCCN(N4)C3=O)C(C)C)C2)C1. The fourth-order valence-electron chi connectivity index (χ4n) is 14.7. The van der Waals surface area contributed by atoms with Crippen LogP contribution in [0.5, 0.6) is 0 Å². The number of hydrogen-bond donors (Lipinski definition) is 2. The van der Waals surface area contributed by atoms with E-state index in [1.54, 1.807) is 13.2 Å². The van der Waals surface area contributed by atoms with E-state index in [1.165, 1.54) is 27.3 Å². The van der Waals surface area contributed by atoms with Crippen LogP contribution in [-0.4, -0.2) is 206 Å². The molecule has 1 spiro atoms. The number of nitrogens with one attached hydrogen (secondary N) is 2. The number of carbonyl (C=O) groups excluding carboxylic acids is 4. The number of nitrogens with zero attached hydrogens (tertiary/aromatic N) is 9. The van der Waals surface area contributed by atoms with Crippen molar-refractivity contribution in [1.29, 1.82) is 0 Å². The number of ether oxygens (including phenoxy) is 3. The van der Waals surface area contributed by atoms with Crippen molar-refractivity contribution >= 4 is 46.0 Å². The molecule has 0 radical (unpaired) electrons. The summed E-state index contributed by atoms with van der Waals surface area (Å²) in [5, 5.41) is 5.24. The average Bonchev–Trinajstić information content (AvgIpc) is 1.92. The Labute approximate surface area is 484 Å². The molecule has 8 fully saturated rings. The summed E-state index contributed by atoms with van der Waals surface area (Å²) in [6.07, 6.45) is 3.01. The number of hydrogen-bond acceptors (Lipinski definition) is 14. The molecule has 1 unspecified atom stereocenters. The van der Waals surface area contributed by atoms with Gasteiger partial charge >= 0.3 is 12.1 Å². The number of piperazine rings is 1. The van der Waals surface area contributed by atoms with E-state index in [9.17, 15) is 9.59 Å². The van der Waals surface area contributed by atoms with Crippen LogP contribution in [0.2, 0.25) is 0 Å². The van der Waals surface area contributed by atoms with Crippen LogP contribution in [0.15, 0.2) is 30.5 Å². The number of esters is 1. The minimum atomic E-state index is -4.61. The summed E-state index contributed by atoms with van der Waals surface area (Å²) in [6.45, 7) is 12.8. The van der Waals surface area contributed by atoms with Gasteiger partial charge in [-0.25, -0.2) is 5.43 Å². The first-order valence-electron chi connectivity index (χ1n) is 31.8. The van der Waals surface area contributed by atoms with Crippen molar-refractivity contribution < 1.29 is 50.7 Å². The fraction of sp³-hybridized carbons (Fsp3) is 0.721. The second-order valence-corrected chi connectivity index (χ2v) is 26.6. The number of methoxy groups -OCH3 is 1. The lowest BCUT2D eigenvalue weighted by molar-refractivity contribution is -0.156. The zero-order chi connectivity index (χ0) is 60.1. The second kappa shape index (κ2) is 22.4. The van der Waals surface area contributed by atoms with E-state index >= 15 is 22.8 Å². The molecular weight excluding hydrogens is 1060 g/mol.